The standard InChI is InChI=1S/C15H23FN2O/c1-19-15(9-3-2-4-10-15)14(18-17)11-12-5-7-13(16)8-6-12/h5-8,14,18H,2-4,9-11,17H2,1H3. The molecule has 1 aliphatic rings. The van der Waals surface area contributed by atoms with Gasteiger partial charge in [-0.3, -0.25) is 11.3 Å². The van der Waals surface area contributed by atoms with Crippen LogP contribution in [0, 0.1) is 5.82 Å². The molecule has 2 rings (SSSR count). The van der Waals surface area contributed by atoms with Gasteiger partial charge in [0.25, 0.3) is 0 Å². The summed E-state index contributed by atoms with van der Waals surface area (Å²) in [5, 5.41) is 0. The molecule has 1 fully saturated rings. The van der Waals surface area contributed by atoms with Gasteiger partial charge in [-0.1, -0.05) is 31.4 Å². The van der Waals surface area contributed by atoms with E-state index in [-0.39, 0.29) is 17.5 Å². The van der Waals surface area contributed by atoms with Gasteiger partial charge in [0.15, 0.2) is 0 Å². The lowest BCUT2D eigenvalue weighted by molar-refractivity contribution is -0.0673. The summed E-state index contributed by atoms with van der Waals surface area (Å²) in [7, 11) is 1.76. The molecule has 1 aromatic carbocycles. The van der Waals surface area contributed by atoms with Crippen molar-refractivity contribution in [3.8, 4) is 0 Å². The van der Waals surface area contributed by atoms with Crippen molar-refractivity contribution in [2.75, 3.05) is 7.11 Å². The van der Waals surface area contributed by atoms with Crippen molar-refractivity contribution in [3.63, 3.8) is 0 Å². The molecule has 0 aliphatic heterocycles. The van der Waals surface area contributed by atoms with Crippen molar-refractivity contribution in [1.29, 1.82) is 0 Å². The third-order valence-corrected chi connectivity index (χ3v) is 4.30. The fraction of sp³-hybridized carbons (Fsp3) is 0.600. The summed E-state index contributed by atoms with van der Waals surface area (Å²) in [4.78, 5) is 0. The molecule has 19 heavy (non-hydrogen) atoms. The molecule has 4 heteroatoms. The Balaban J connectivity index is 2.11. The average Bonchev–Trinajstić information content (AvgIpc) is 2.47. The van der Waals surface area contributed by atoms with Crippen LogP contribution in [0.1, 0.15) is 37.7 Å². The quantitative estimate of drug-likeness (QED) is 0.636. The maximum Gasteiger partial charge on any atom is 0.123 e. The Morgan fingerprint density at radius 2 is 1.89 bits per heavy atom. The van der Waals surface area contributed by atoms with Crippen LogP contribution in [-0.4, -0.2) is 18.8 Å². The number of methoxy groups -OCH3 is 1. The Morgan fingerprint density at radius 3 is 2.42 bits per heavy atom. The zero-order valence-electron chi connectivity index (χ0n) is 11.5. The normalized spacial score (nSPS) is 20.2. The van der Waals surface area contributed by atoms with Gasteiger partial charge in [0.05, 0.1) is 11.6 Å². The monoisotopic (exact) mass is 266 g/mol. The molecule has 106 valence electrons. The predicted octanol–water partition coefficient (Wildman–Crippen LogP) is 2.55. The van der Waals surface area contributed by atoms with E-state index in [1.807, 2.05) is 12.1 Å². The summed E-state index contributed by atoms with van der Waals surface area (Å²) in [6.45, 7) is 0. The van der Waals surface area contributed by atoms with Gasteiger partial charge in [-0.15, -0.1) is 0 Å². The first-order valence-electron chi connectivity index (χ1n) is 6.96. The molecule has 1 atom stereocenters. The van der Waals surface area contributed by atoms with Crippen LogP contribution in [-0.2, 0) is 11.2 Å². The van der Waals surface area contributed by atoms with Crippen LogP contribution in [0.2, 0.25) is 0 Å². The van der Waals surface area contributed by atoms with Crippen LogP contribution >= 0.6 is 0 Å². The number of rotatable bonds is 5. The highest BCUT2D eigenvalue weighted by Crippen LogP contribution is 2.35. The number of nitrogens with two attached hydrogens (primary N) is 1. The molecule has 0 saturated heterocycles. The average molecular weight is 266 g/mol. The summed E-state index contributed by atoms with van der Waals surface area (Å²) >= 11 is 0. The van der Waals surface area contributed by atoms with E-state index >= 15 is 0 Å². The molecule has 3 nitrogen and oxygen atoms in total. The fourth-order valence-corrected chi connectivity index (χ4v) is 3.10. The number of halogens is 1. The largest absolute Gasteiger partial charge is 0.377 e. The second kappa shape index (κ2) is 6.46. The summed E-state index contributed by atoms with van der Waals surface area (Å²) in [6.07, 6.45) is 6.42. The Bertz CT molecular complexity index is 388. The predicted molar refractivity (Wildman–Crippen MR) is 74.0 cm³/mol. The van der Waals surface area contributed by atoms with E-state index in [1.165, 1.54) is 31.4 Å². The van der Waals surface area contributed by atoms with E-state index in [9.17, 15) is 4.39 Å². The van der Waals surface area contributed by atoms with Crippen LogP contribution in [0.4, 0.5) is 4.39 Å². The van der Waals surface area contributed by atoms with E-state index in [4.69, 9.17) is 10.6 Å². The fourth-order valence-electron chi connectivity index (χ4n) is 3.10. The van der Waals surface area contributed by atoms with Crippen LogP contribution in [0.3, 0.4) is 0 Å². The number of nitrogens with one attached hydrogen (secondary N) is 1. The molecular formula is C15H23FN2O. The molecule has 0 heterocycles. The third-order valence-electron chi connectivity index (χ3n) is 4.30. The lowest BCUT2D eigenvalue weighted by atomic mass is 9.77. The van der Waals surface area contributed by atoms with Gasteiger partial charge in [0.1, 0.15) is 5.82 Å². The Labute approximate surface area is 114 Å². The third kappa shape index (κ3) is 3.32. The van der Waals surface area contributed by atoms with Crippen molar-refractivity contribution in [1.82, 2.24) is 5.43 Å². The second-order valence-electron chi connectivity index (χ2n) is 5.38. The Hall–Kier alpha value is -0.970. The molecule has 1 unspecified atom stereocenters. The van der Waals surface area contributed by atoms with E-state index in [0.717, 1.165) is 24.8 Å². The summed E-state index contributed by atoms with van der Waals surface area (Å²) < 4.78 is 18.7. The highest BCUT2D eigenvalue weighted by molar-refractivity contribution is 5.18. The van der Waals surface area contributed by atoms with Crippen molar-refractivity contribution < 1.29 is 9.13 Å². The van der Waals surface area contributed by atoms with Crippen LogP contribution in [0.15, 0.2) is 24.3 Å². The first-order chi connectivity index (χ1) is 9.20. The Kier molecular flexibility index (Phi) is 4.91. The lowest BCUT2D eigenvalue weighted by Crippen LogP contribution is -2.56. The van der Waals surface area contributed by atoms with Crippen molar-refractivity contribution in [2.45, 2.75) is 50.2 Å². The van der Waals surface area contributed by atoms with E-state index in [2.05, 4.69) is 5.43 Å². The highest BCUT2D eigenvalue weighted by Gasteiger charge is 2.39. The lowest BCUT2D eigenvalue weighted by Gasteiger charge is -2.42. The molecule has 0 radical (unpaired) electrons. The molecule has 1 saturated carbocycles. The number of hydrogen-bond acceptors (Lipinski definition) is 3. The van der Waals surface area contributed by atoms with E-state index in [1.54, 1.807) is 7.11 Å². The SMILES string of the molecule is COC1(C(Cc2ccc(F)cc2)NN)CCCCC1. The maximum atomic E-state index is 12.9. The molecule has 0 bridgehead atoms. The number of ether oxygens (including phenoxy) is 1. The molecule has 3 N–H and O–H groups in total. The minimum Gasteiger partial charge on any atom is -0.377 e. The second-order valence-corrected chi connectivity index (χ2v) is 5.38. The van der Waals surface area contributed by atoms with Gasteiger partial charge >= 0.3 is 0 Å². The van der Waals surface area contributed by atoms with Gasteiger partial charge in [-0.2, -0.15) is 0 Å². The molecular weight excluding hydrogens is 243 g/mol. The minimum absolute atomic E-state index is 0.0586. The van der Waals surface area contributed by atoms with Gasteiger partial charge in [0.2, 0.25) is 0 Å². The first kappa shape index (κ1) is 14.4. The van der Waals surface area contributed by atoms with Gasteiger partial charge in [0, 0.05) is 7.11 Å². The highest BCUT2D eigenvalue weighted by atomic mass is 19.1. The van der Waals surface area contributed by atoms with Crippen LogP contribution in [0.25, 0.3) is 0 Å². The first-order valence-corrected chi connectivity index (χ1v) is 6.96. The summed E-state index contributed by atoms with van der Waals surface area (Å²) in [6, 6.07) is 6.66. The summed E-state index contributed by atoms with van der Waals surface area (Å²) in [5.41, 5.74) is 3.79. The van der Waals surface area contributed by atoms with Gasteiger partial charge in [-0.05, 0) is 37.0 Å². The number of benzene rings is 1. The minimum atomic E-state index is -0.208. The zero-order chi connectivity index (χ0) is 13.7. The summed E-state index contributed by atoms with van der Waals surface area (Å²) in [5.74, 6) is 5.53. The topological polar surface area (TPSA) is 47.3 Å². The zero-order valence-corrected chi connectivity index (χ0v) is 11.5. The Morgan fingerprint density at radius 1 is 1.26 bits per heavy atom. The van der Waals surface area contributed by atoms with Crippen molar-refractivity contribution >= 4 is 0 Å². The van der Waals surface area contributed by atoms with Gasteiger partial charge < -0.3 is 4.74 Å². The van der Waals surface area contributed by atoms with E-state index in [0.29, 0.717) is 0 Å². The molecule has 0 spiro atoms. The molecule has 0 amide bonds. The van der Waals surface area contributed by atoms with Crippen LogP contribution < -0.4 is 11.3 Å². The molecule has 1 aliphatic carbocycles. The van der Waals surface area contributed by atoms with Gasteiger partial charge in [-0.25, -0.2) is 4.39 Å². The van der Waals surface area contributed by atoms with E-state index < -0.39 is 0 Å². The van der Waals surface area contributed by atoms with Crippen molar-refractivity contribution in [3.05, 3.63) is 35.6 Å². The van der Waals surface area contributed by atoms with Crippen LogP contribution in [0.5, 0.6) is 0 Å². The maximum absolute atomic E-state index is 12.9. The number of hydrazine groups is 1. The molecule has 1 aromatic rings. The number of hydrogen-bond donors (Lipinski definition) is 2. The smallest absolute Gasteiger partial charge is 0.123 e. The molecule has 0 aromatic heterocycles. The van der Waals surface area contributed by atoms with Crippen molar-refractivity contribution in [2.24, 2.45) is 5.84 Å².